The van der Waals surface area contributed by atoms with Gasteiger partial charge in [-0.25, -0.2) is 9.97 Å². The number of carbonyl (C=O) groups is 2. The molecule has 0 radical (unpaired) electrons. The molecule has 0 fully saturated rings. The van der Waals surface area contributed by atoms with Crippen LogP contribution in [0.2, 0.25) is 0 Å². The summed E-state index contributed by atoms with van der Waals surface area (Å²) in [5.74, 6) is 0.347. The lowest BCUT2D eigenvalue weighted by molar-refractivity contribution is -0.119. The van der Waals surface area contributed by atoms with Crippen LogP contribution in [-0.4, -0.2) is 34.9 Å². The summed E-state index contributed by atoms with van der Waals surface area (Å²) in [4.78, 5) is 36.1. The number of ether oxygens (including phenoxy) is 1. The van der Waals surface area contributed by atoms with Gasteiger partial charge in [0.05, 0.1) is 18.3 Å². The Bertz CT molecular complexity index is 812. The van der Waals surface area contributed by atoms with Crippen LogP contribution < -0.4 is 15.4 Å². The van der Waals surface area contributed by atoms with Crippen molar-refractivity contribution in [3.05, 3.63) is 23.9 Å². The van der Waals surface area contributed by atoms with Crippen molar-refractivity contribution in [2.24, 2.45) is 4.99 Å². The fourth-order valence-corrected chi connectivity index (χ4v) is 2.05. The predicted molar refractivity (Wildman–Crippen MR) is 94.8 cm³/mol. The van der Waals surface area contributed by atoms with E-state index in [0.717, 1.165) is 5.39 Å². The number of hydrogen-bond donors (Lipinski definition) is 2. The monoisotopic (exact) mass is 343 g/mol. The van der Waals surface area contributed by atoms with Crippen LogP contribution >= 0.6 is 0 Å². The number of methoxy groups -OCH3 is 1. The molecule has 8 nitrogen and oxygen atoms in total. The van der Waals surface area contributed by atoms with Gasteiger partial charge in [-0.3, -0.25) is 20.2 Å². The van der Waals surface area contributed by atoms with Crippen molar-refractivity contribution >= 4 is 34.6 Å². The van der Waals surface area contributed by atoms with Crippen molar-refractivity contribution < 1.29 is 14.3 Å². The average Bonchev–Trinajstić information content (AvgIpc) is 2.61. The van der Waals surface area contributed by atoms with Gasteiger partial charge < -0.3 is 4.74 Å². The number of nitrogens with zero attached hydrogens (tertiary/aromatic N) is 3. The van der Waals surface area contributed by atoms with Gasteiger partial charge in [0.2, 0.25) is 17.8 Å². The van der Waals surface area contributed by atoms with Crippen LogP contribution in [0.4, 0.5) is 5.95 Å². The minimum atomic E-state index is -0.266. The molecular formula is C17H21N5O3. The molecule has 1 aromatic carbocycles. The second-order valence-electron chi connectivity index (χ2n) is 5.26. The van der Waals surface area contributed by atoms with Gasteiger partial charge >= 0.3 is 0 Å². The third-order valence-corrected chi connectivity index (χ3v) is 3.45. The zero-order valence-corrected chi connectivity index (χ0v) is 14.7. The molecule has 25 heavy (non-hydrogen) atoms. The van der Waals surface area contributed by atoms with E-state index in [4.69, 9.17) is 4.74 Å². The van der Waals surface area contributed by atoms with Gasteiger partial charge in [-0.2, -0.15) is 4.99 Å². The molecule has 0 atom stereocenters. The first-order valence-electron chi connectivity index (χ1n) is 7.97. The summed E-state index contributed by atoms with van der Waals surface area (Å²) in [5.41, 5.74) is 1.40. The van der Waals surface area contributed by atoms with E-state index in [-0.39, 0.29) is 36.6 Å². The van der Waals surface area contributed by atoms with E-state index in [1.54, 1.807) is 33.1 Å². The molecule has 0 spiro atoms. The first kappa shape index (κ1) is 18.3. The quantitative estimate of drug-likeness (QED) is 0.652. The Hall–Kier alpha value is -3.03. The molecule has 0 bridgehead atoms. The number of carbonyl (C=O) groups excluding carboxylic acids is 2. The van der Waals surface area contributed by atoms with Gasteiger partial charge in [-0.15, -0.1) is 0 Å². The fraction of sp³-hybridized carbons (Fsp3) is 0.353. The molecule has 0 saturated carbocycles. The predicted octanol–water partition coefficient (Wildman–Crippen LogP) is 1.99. The summed E-state index contributed by atoms with van der Waals surface area (Å²) in [6, 6.07) is 5.44. The Morgan fingerprint density at radius 3 is 2.32 bits per heavy atom. The highest BCUT2D eigenvalue weighted by Crippen LogP contribution is 2.23. The topological polar surface area (TPSA) is 106 Å². The van der Waals surface area contributed by atoms with Gasteiger partial charge in [0.15, 0.2) is 0 Å². The fourth-order valence-electron chi connectivity index (χ4n) is 2.05. The highest BCUT2D eigenvalue weighted by molar-refractivity contribution is 6.05. The van der Waals surface area contributed by atoms with E-state index in [0.29, 0.717) is 17.0 Å². The lowest BCUT2D eigenvalue weighted by atomic mass is 10.2. The van der Waals surface area contributed by atoms with Crippen LogP contribution in [0.15, 0.2) is 23.2 Å². The molecule has 2 aromatic rings. The van der Waals surface area contributed by atoms with Crippen LogP contribution in [-0.2, 0) is 9.59 Å². The van der Waals surface area contributed by atoms with Crippen molar-refractivity contribution in [3.63, 3.8) is 0 Å². The van der Waals surface area contributed by atoms with Crippen molar-refractivity contribution in [2.75, 3.05) is 7.11 Å². The largest absolute Gasteiger partial charge is 0.497 e. The molecule has 132 valence electrons. The number of fused-ring (bicyclic) bond motifs is 1. The van der Waals surface area contributed by atoms with Crippen LogP contribution in [0.3, 0.4) is 0 Å². The number of aromatic nitrogens is 2. The number of amides is 2. The van der Waals surface area contributed by atoms with E-state index < -0.39 is 0 Å². The van der Waals surface area contributed by atoms with Gasteiger partial charge in [-0.1, -0.05) is 13.8 Å². The van der Waals surface area contributed by atoms with Crippen molar-refractivity contribution in [1.82, 2.24) is 20.6 Å². The summed E-state index contributed by atoms with van der Waals surface area (Å²) >= 11 is 0. The number of nitrogens with one attached hydrogen (secondary N) is 2. The molecule has 0 aliphatic carbocycles. The van der Waals surface area contributed by atoms with Gasteiger partial charge in [0.1, 0.15) is 5.75 Å². The summed E-state index contributed by atoms with van der Waals surface area (Å²) < 4.78 is 5.21. The van der Waals surface area contributed by atoms with E-state index >= 15 is 0 Å². The van der Waals surface area contributed by atoms with Crippen molar-refractivity contribution in [3.8, 4) is 5.75 Å². The molecule has 1 heterocycles. The zero-order valence-electron chi connectivity index (χ0n) is 14.7. The van der Waals surface area contributed by atoms with Gasteiger partial charge in [-0.05, 0) is 25.1 Å². The Kier molecular flexibility index (Phi) is 5.99. The van der Waals surface area contributed by atoms with E-state index in [1.807, 2.05) is 13.0 Å². The van der Waals surface area contributed by atoms with Gasteiger partial charge in [0, 0.05) is 18.2 Å². The van der Waals surface area contributed by atoms with Crippen LogP contribution in [0.25, 0.3) is 10.9 Å². The highest BCUT2D eigenvalue weighted by Gasteiger charge is 2.10. The van der Waals surface area contributed by atoms with Crippen LogP contribution in [0.5, 0.6) is 5.75 Å². The Morgan fingerprint density at radius 2 is 1.76 bits per heavy atom. The SMILES string of the molecule is CCC(=O)NC(=Nc1nc(C)c2cc(OC)ccc2n1)NC(=O)CC. The molecule has 2 rings (SSSR count). The van der Waals surface area contributed by atoms with Crippen molar-refractivity contribution in [1.29, 1.82) is 0 Å². The van der Waals surface area contributed by atoms with E-state index in [1.165, 1.54) is 0 Å². The number of benzene rings is 1. The third kappa shape index (κ3) is 4.72. The van der Waals surface area contributed by atoms with Crippen LogP contribution in [0, 0.1) is 6.92 Å². The summed E-state index contributed by atoms with van der Waals surface area (Å²) in [6.07, 6.45) is 0.525. The lowest BCUT2D eigenvalue weighted by Crippen LogP contribution is -2.43. The zero-order chi connectivity index (χ0) is 18.4. The first-order valence-corrected chi connectivity index (χ1v) is 7.97. The Balaban J connectivity index is 2.43. The smallest absolute Gasteiger partial charge is 0.253 e. The highest BCUT2D eigenvalue weighted by atomic mass is 16.5. The molecule has 0 aliphatic heterocycles. The minimum absolute atomic E-state index is 0.0194. The number of aliphatic imine (C=N–C) groups is 1. The maximum Gasteiger partial charge on any atom is 0.253 e. The van der Waals surface area contributed by atoms with Gasteiger partial charge in [0.25, 0.3) is 5.95 Å². The third-order valence-electron chi connectivity index (χ3n) is 3.45. The minimum Gasteiger partial charge on any atom is -0.497 e. The van der Waals surface area contributed by atoms with Crippen molar-refractivity contribution in [2.45, 2.75) is 33.6 Å². The number of rotatable bonds is 4. The molecule has 0 unspecified atom stereocenters. The molecule has 1 aromatic heterocycles. The number of guanidine groups is 1. The average molecular weight is 343 g/mol. The van der Waals surface area contributed by atoms with E-state index in [2.05, 4.69) is 25.6 Å². The molecular weight excluding hydrogens is 322 g/mol. The Labute approximate surface area is 145 Å². The second kappa shape index (κ2) is 8.18. The Morgan fingerprint density at radius 1 is 1.12 bits per heavy atom. The second-order valence-corrected chi connectivity index (χ2v) is 5.26. The summed E-state index contributed by atoms with van der Waals surface area (Å²) in [6.45, 7) is 5.24. The molecule has 2 amide bonds. The van der Waals surface area contributed by atoms with E-state index in [9.17, 15) is 9.59 Å². The first-order chi connectivity index (χ1) is 12.0. The molecule has 2 N–H and O–H groups in total. The standard InChI is InChI=1S/C17H21N5O3/c1-5-14(23)20-17(21-15(24)6-2)22-16-18-10(3)12-9-11(25-4)7-8-13(12)19-16/h7-9H,5-6H2,1-4H3,(H2,18,19,20,21,22,23,24). The summed E-state index contributed by atoms with van der Waals surface area (Å²) in [5, 5.41) is 5.93. The van der Waals surface area contributed by atoms with Crippen LogP contribution in [0.1, 0.15) is 32.4 Å². The maximum absolute atomic E-state index is 11.6. The molecule has 0 aliphatic rings. The lowest BCUT2D eigenvalue weighted by Gasteiger charge is -2.09. The molecule has 0 saturated heterocycles. The normalized spacial score (nSPS) is 10.2. The molecule has 8 heteroatoms. The maximum atomic E-state index is 11.6. The summed E-state index contributed by atoms with van der Waals surface area (Å²) in [7, 11) is 1.59. The number of aryl methyl sites for hydroxylation is 1. The number of hydrogen-bond acceptors (Lipinski definition) is 6.